The molecule has 17 heavy (non-hydrogen) atoms. The molecule has 1 amide bonds. The summed E-state index contributed by atoms with van der Waals surface area (Å²) in [5, 5.41) is 0. The molecule has 1 fully saturated rings. The molecule has 3 heteroatoms. The maximum Gasteiger partial charge on any atom is 0.230 e. The van der Waals surface area contributed by atoms with Crippen LogP contribution in [0.1, 0.15) is 53.4 Å². The van der Waals surface area contributed by atoms with E-state index in [1.54, 1.807) is 0 Å². The first kappa shape index (κ1) is 14.2. The van der Waals surface area contributed by atoms with E-state index in [9.17, 15) is 9.59 Å². The first-order valence-electron chi connectivity index (χ1n) is 6.58. The van der Waals surface area contributed by atoms with Crippen LogP contribution < -0.4 is 0 Å². The summed E-state index contributed by atoms with van der Waals surface area (Å²) in [6.45, 7) is 9.92. The Morgan fingerprint density at radius 2 is 1.82 bits per heavy atom. The van der Waals surface area contributed by atoms with E-state index in [4.69, 9.17) is 0 Å². The Morgan fingerprint density at radius 1 is 1.18 bits per heavy atom. The molecule has 1 aliphatic rings. The van der Waals surface area contributed by atoms with Crippen molar-refractivity contribution in [2.24, 2.45) is 11.3 Å². The van der Waals surface area contributed by atoms with E-state index < -0.39 is 0 Å². The van der Waals surface area contributed by atoms with Gasteiger partial charge in [0.25, 0.3) is 0 Å². The zero-order valence-corrected chi connectivity index (χ0v) is 11.6. The van der Waals surface area contributed by atoms with Gasteiger partial charge < -0.3 is 4.90 Å². The van der Waals surface area contributed by atoms with Crippen molar-refractivity contribution in [3.63, 3.8) is 0 Å². The van der Waals surface area contributed by atoms with E-state index >= 15 is 0 Å². The maximum atomic E-state index is 11.8. The van der Waals surface area contributed by atoms with Crippen LogP contribution in [0.15, 0.2) is 0 Å². The van der Waals surface area contributed by atoms with E-state index in [1.165, 1.54) is 13.3 Å². The lowest BCUT2D eigenvalue weighted by Gasteiger charge is -2.29. The quantitative estimate of drug-likeness (QED) is 0.695. The normalized spacial score (nSPS) is 22.1. The molecule has 0 aromatic rings. The highest BCUT2D eigenvalue weighted by Crippen LogP contribution is 2.34. The Kier molecular flexibility index (Phi) is 4.72. The molecule has 3 nitrogen and oxygen atoms in total. The number of hydrogen-bond acceptors (Lipinski definition) is 2. The minimum absolute atomic E-state index is 0.00654. The zero-order valence-electron chi connectivity index (χ0n) is 11.6. The minimum Gasteiger partial charge on any atom is -0.342 e. The van der Waals surface area contributed by atoms with Gasteiger partial charge in [-0.05, 0) is 37.5 Å². The monoisotopic (exact) mass is 239 g/mol. The van der Waals surface area contributed by atoms with Crippen LogP contribution in [0.2, 0.25) is 0 Å². The van der Waals surface area contributed by atoms with Crippen LogP contribution in [0.3, 0.4) is 0 Å². The van der Waals surface area contributed by atoms with Gasteiger partial charge in [0.2, 0.25) is 5.91 Å². The summed E-state index contributed by atoms with van der Waals surface area (Å²) >= 11 is 0. The molecular formula is C14H25NO2. The summed E-state index contributed by atoms with van der Waals surface area (Å²) < 4.78 is 0. The molecular weight excluding hydrogens is 214 g/mol. The average Bonchev–Trinajstić information content (AvgIpc) is 2.40. The molecule has 0 bridgehead atoms. The highest BCUT2D eigenvalue weighted by molar-refractivity contribution is 5.96. The number of Topliss-reactive ketones (excluding diaryl/α,β-unsaturated/α-hetero) is 1. The van der Waals surface area contributed by atoms with Gasteiger partial charge in [0.05, 0.1) is 6.42 Å². The molecule has 98 valence electrons. The molecule has 0 spiro atoms. The van der Waals surface area contributed by atoms with Crippen LogP contribution >= 0.6 is 0 Å². The smallest absolute Gasteiger partial charge is 0.230 e. The average molecular weight is 239 g/mol. The van der Waals surface area contributed by atoms with E-state index in [1.807, 2.05) is 4.90 Å². The Morgan fingerprint density at radius 3 is 2.35 bits per heavy atom. The van der Waals surface area contributed by atoms with Gasteiger partial charge in [-0.1, -0.05) is 20.8 Å². The van der Waals surface area contributed by atoms with E-state index in [0.29, 0.717) is 11.3 Å². The second kappa shape index (κ2) is 5.65. The molecule has 0 radical (unpaired) electrons. The van der Waals surface area contributed by atoms with Crippen molar-refractivity contribution in [1.29, 1.82) is 0 Å². The van der Waals surface area contributed by atoms with Crippen LogP contribution in [-0.4, -0.2) is 29.7 Å². The molecule has 0 N–H and O–H groups in total. The summed E-state index contributed by atoms with van der Waals surface area (Å²) in [6, 6.07) is 0. The molecule has 1 atom stereocenters. The molecule has 1 unspecified atom stereocenters. The number of amides is 1. The van der Waals surface area contributed by atoms with Gasteiger partial charge in [-0.2, -0.15) is 0 Å². The predicted molar refractivity (Wildman–Crippen MR) is 68.7 cm³/mol. The van der Waals surface area contributed by atoms with Gasteiger partial charge in [0.15, 0.2) is 0 Å². The summed E-state index contributed by atoms with van der Waals surface area (Å²) in [5.74, 6) is 0.649. The van der Waals surface area contributed by atoms with Crippen molar-refractivity contribution in [2.45, 2.75) is 53.4 Å². The second-order valence-electron chi connectivity index (χ2n) is 6.25. The fourth-order valence-electron chi connectivity index (χ4n) is 2.54. The molecule has 1 rings (SSSR count). The molecule has 0 saturated carbocycles. The van der Waals surface area contributed by atoms with E-state index in [-0.39, 0.29) is 18.1 Å². The molecule has 1 heterocycles. The van der Waals surface area contributed by atoms with Gasteiger partial charge in [0.1, 0.15) is 5.78 Å². The topological polar surface area (TPSA) is 37.4 Å². The van der Waals surface area contributed by atoms with E-state index in [0.717, 1.165) is 25.9 Å². The van der Waals surface area contributed by atoms with Crippen LogP contribution in [0.5, 0.6) is 0 Å². The van der Waals surface area contributed by atoms with Gasteiger partial charge in [-0.3, -0.25) is 9.59 Å². The molecule has 0 aromatic carbocycles. The Bertz CT molecular complexity index is 291. The zero-order chi connectivity index (χ0) is 13.1. The molecule has 0 aliphatic carbocycles. The number of likely N-dealkylation sites (tertiary alicyclic amines) is 1. The van der Waals surface area contributed by atoms with Crippen LogP contribution in [0.4, 0.5) is 0 Å². The van der Waals surface area contributed by atoms with Crippen LogP contribution in [0.25, 0.3) is 0 Å². The van der Waals surface area contributed by atoms with Gasteiger partial charge in [-0.25, -0.2) is 0 Å². The summed E-state index contributed by atoms with van der Waals surface area (Å²) in [6.07, 6.45) is 3.38. The number of carbonyl (C=O) groups excluding carboxylic acids is 2. The Labute approximate surface area is 105 Å². The number of carbonyl (C=O) groups is 2. The number of ketones is 1. The molecule has 1 aliphatic heterocycles. The maximum absolute atomic E-state index is 11.8. The lowest BCUT2D eigenvalue weighted by atomic mass is 9.77. The van der Waals surface area contributed by atoms with Crippen LogP contribution in [-0.2, 0) is 9.59 Å². The van der Waals surface area contributed by atoms with Crippen LogP contribution in [0, 0.1) is 11.3 Å². The van der Waals surface area contributed by atoms with Crippen molar-refractivity contribution in [3.05, 3.63) is 0 Å². The van der Waals surface area contributed by atoms with Crippen molar-refractivity contribution >= 4 is 11.7 Å². The molecule has 0 aromatic heterocycles. The fourth-order valence-corrected chi connectivity index (χ4v) is 2.54. The second-order valence-corrected chi connectivity index (χ2v) is 6.25. The highest BCUT2D eigenvalue weighted by Gasteiger charge is 2.28. The summed E-state index contributed by atoms with van der Waals surface area (Å²) in [7, 11) is 0. The molecule has 1 saturated heterocycles. The highest BCUT2D eigenvalue weighted by atomic mass is 16.2. The fraction of sp³-hybridized carbons (Fsp3) is 0.857. The van der Waals surface area contributed by atoms with Gasteiger partial charge in [0, 0.05) is 13.1 Å². The largest absolute Gasteiger partial charge is 0.342 e. The van der Waals surface area contributed by atoms with Crippen molar-refractivity contribution < 1.29 is 9.59 Å². The number of nitrogens with zero attached hydrogens (tertiary/aromatic N) is 1. The van der Waals surface area contributed by atoms with Gasteiger partial charge in [-0.15, -0.1) is 0 Å². The Balaban J connectivity index is 2.53. The third kappa shape index (κ3) is 4.49. The lowest BCUT2D eigenvalue weighted by molar-refractivity contribution is -0.134. The summed E-state index contributed by atoms with van der Waals surface area (Å²) in [4.78, 5) is 24.6. The third-order valence-electron chi connectivity index (χ3n) is 3.71. The first-order chi connectivity index (χ1) is 7.80. The van der Waals surface area contributed by atoms with Gasteiger partial charge >= 0.3 is 0 Å². The number of rotatable bonds is 2. The number of hydrogen-bond donors (Lipinski definition) is 0. The van der Waals surface area contributed by atoms with Crippen molar-refractivity contribution in [2.75, 3.05) is 13.1 Å². The van der Waals surface area contributed by atoms with Crippen molar-refractivity contribution in [1.82, 2.24) is 4.90 Å². The Hall–Kier alpha value is -0.860. The predicted octanol–water partition coefficient (Wildman–Crippen LogP) is 2.64. The van der Waals surface area contributed by atoms with E-state index in [2.05, 4.69) is 20.8 Å². The third-order valence-corrected chi connectivity index (χ3v) is 3.71. The summed E-state index contributed by atoms with van der Waals surface area (Å²) in [5.41, 5.74) is 0.319. The SMILES string of the molecule is CC(=O)CC(=O)N1CCCC(C(C)(C)C)CC1. The standard InChI is InChI=1S/C14H25NO2/c1-11(16)10-13(17)15-8-5-6-12(7-9-15)14(2,3)4/h12H,5-10H2,1-4H3. The minimum atomic E-state index is -0.0355. The first-order valence-corrected chi connectivity index (χ1v) is 6.58. The van der Waals surface area contributed by atoms with Crippen molar-refractivity contribution in [3.8, 4) is 0 Å². The lowest BCUT2D eigenvalue weighted by Crippen LogP contribution is -2.33.